The number of hydrogen-bond acceptors (Lipinski definition) is 5. The molecule has 0 atom stereocenters. The Labute approximate surface area is 335 Å². The molecule has 0 aliphatic rings. The smallest absolute Gasteiger partial charge is 0.167 e. The third-order valence-electron chi connectivity index (χ3n) is 10.0. The molecule has 0 unspecified atom stereocenters. The van der Waals surface area contributed by atoms with E-state index >= 15 is 0 Å². The first-order valence-corrected chi connectivity index (χ1v) is 19.0. The SMILES string of the molecule is [2H]c1c([2H])c([2H])c2c(sc3c([2H])c(-c4nc(-c5ccccc5)nc(-c5cccc6c5oc5ccccc56)n4)c([2H])c([2H])c32)c1-c1cc(-c2ccccc2)cc(-c2ccccc2)c1. The van der Waals surface area contributed by atoms with Crippen LogP contribution in [0, 0.1) is 0 Å². The molecule has 3 heterocycles. The molecular weight excluding hydrogens is 703 g/mol. The van der Waals surface area contributed by atoms with Crippen molar-refractivity contribution in [2.24, 2.45) is 0 Å². The van der Waals surface area contributed by atoms with Crippen molar-refractivity contribution in [3.63, 3.8) is 0 Å². The lowest BCUT2D eigenvalue weighted by molar-refractivity contribution is 0.669. The standard InChI is InChI=1S/C51H31N3OS/c1-4-14-32(15-5-1)36-28-37(33-16-6-2-7-17-33)30-38(29-36)39-21-12-23-43-41-27-26-35(31-46(41)56-48(39)43)50-52-49(34-18-8-3-9-19-34)53-51(54-50)44-24-13-22-42-40-20-10-11-25-45(40)55-47(42)44/h1-31H/i12D,21D,23D,26D,27D,31D. The molecule has 0 aliphatic carbocycles. The lowest BCUT2D eigenvalue weighted by Crippen LogP contribution is -2.00. The molecule has 0 radical (unpaired) electrons. The molecule has 0 aliphatic heterocycles. The molecule has 0 fully saturated rings. The van der Waals surface area contributed by atoms with Gasteiger partial charge in [0.15, 0.2) is 17.5 Å². The van der Waals surface area contributed by atoms with Crippen LogP contribution in [-0.2, 0) is 0 Å². The van der Waals surface area contributed by atoms with Crippen molar-refractivity contribution in [1.29, 1.82) is 0 Å². The van der Waals surface area contributed by atoms with E-state index in [0.717, 1.165) is 33.0 Å². The predicted molar refractivity (Wildman–Crippen MR) is 233 cm³/mol. The highest BCUT2D eigenvalue weighted by Crippen LogP contribution is 2.43. The predicted octanol–water partition coefficient (Wildman–Crippen LogP) is 14.1. The van der Waals surface area contributed by atoms with Gasteiger partial charge in [-0.3, -0.25) is 0 Å². The van der Waals surface area contributed by atoms with Crippen molar-refractivity contribution in [1.82, 2.24) is 15.0 Å². The highest BCUT2D eigenvalue weighted by atomic mass is 32.1. The fourth-order valence-electron chi connectivity index (χ4n) is 7.35. The highest BCUT2D eigenvalue weighted by molar-refractivity contribution is 7.26. The van der Waals surface area contributed by atoms with E-state index in [1.165, 1.54) is 11.3 Å². The van der Waals surface area contributed by atoms with Crippen LogP contribution in [0.15, 0.2) is 192 Å². The van der Waals surface area contributed by atoms with E-state index in [1.54, 1.807) is 0 Å². The zero-order chi connectivity index (χ0) is 42.2. The Balaban J connectivity index is 1.18. The van der Waals surface area contributed by atoms with Crippen molar-refractivity contribution in [2.45, 2.75) is 0 Å². The average Bonchev–Trinajstić information content (AvgIpc) is 3.91. The molecule has 0 N–H and O–H groups in total. The minimum Gasteiger partial charge on any atom is -0.455 e. The third-order valence-corrected chi connectivity index (χ3v) is 11.2. The van der Waals surface area contributed by atoms with Gasteiger partial charge in [-0.2, -0.15) is 0 Å². The summed E-state index contributed by atoms with van der Waals surface area (Å²) in [6.45, 7) is 0. The van der Waals surface area contributed by atoms with Gasteiger partial charge in [0.05, 0.1) is 13.8 Å². The van der Waals surface area contributed by atoms with Gasteiger partial charge in [-0.25, -0.2) is 15.0 Å². The maximum atomic E-state index is 9.78. The molecule has 56 heavy (non-hydrogen) atoms. The fraction of sp³-hybridized carbons (Fsp3) is 0. The van der Waals surface area contributed by atoms with Gasteiger partial charge in [0.1, 0.15) is 11.2 Å². The van der Waals surface area contributed by atoms with Crippen LogP contribution in [0.5, 0.6) is 0 Å². The lowest BCUT2D eigenvalue weighted by Gasteiger charge is -2.12. The minimum atomic E-state index is -0.297. The van der Waals surface area contributed by atoms with Crippen LogP contribution in [0.25, 0.3) is 110 Å². The van der Waals surface area contributed by atoms with Crippen LogP contribution in [0.1, 0.15) is 8.22 Å². The molecule has 0 amide bonds. The van der Waals surface area contributed by atoms with Crippen LogP contribution in [0.4, 0.5) is 0 Å². The molecule has 262 valence electrons. The van der Waals surface area contributed by atoms with Crippen molar-refractivity contribution in [2.75, 3.05) is 0 Å². The van der Waals surface area contributed by atoms with E-state index < -0.39 is 0 Å². The topological polar surface area (TPSA) is 51.8 Å². The summed E-state index contributed by atoms with van der Waals surface area (Å²) in [5.41, 5.74) is 7.50. The van der Waals surface area contributed by atoms with Crippen LogP contribution in [-0.4, -0.2) is 15.0 Å². The number of hydrogen-bond donors (Lipinski definition) is 0. The monoisotopic (exact) mass is 739 g/mol. The third kappa shape index (κ3) is 5.56. The second-order valence-electron chi connectivity index (χ2n) is 13.5. The summed E-state index contributed by atoms with van der Waals surface area (Å²) >= 11 is 1.19. The Morgan fingerprint density at radius 1 is 0.429 bits per heavy atom. The number of benzene rings is 8. The summed E-state index contributed by atoms with van der Waals surface area (Å²) in [5.74, 6) is 0.643. The molecule has 0 bridgehead atoms. The zero-order valence-corrected chi connectivity index (χ0v) is 30.4. The summed E-state index contributed by atoms with van der Waals surface area (Å²) in [5, 5.41) is 2.32. The average molecular weight is 740 g/mol. The molecular formula is C51H31N3OS. The Kier molecular flexibility index (Phi) is 6.29. The first-order chi connectivity index (χ1) is 30.2. The number of para-hydroxylation sites is 2. The molecule has 8 aromatic carbocycles. The zero-order valence-electron chi connectivity index (χ0n) is 35.6. The number of thiophene rings is 1. The maximum Gasteiger partial charge on any atom is 0.167 e. The Bertz CT molecular complexity index is 3540. The first-order valence-electron chi connectivity index (χ1n) is 21.2. The van der Waals surface area contributed by atoms with Crippen molar-refractivity contribution < 1.29 is 12.6 Å². The Morgan fingerprint density at radius 2 is 1.04 bits per heavy atom. The van der Waals surface area contributed by atoms with Gasteiger partial charge in [0, 0.05) is 42.1 Å². The maximum absolute atomic E-state index is 9.78. The van der Waals surface area contributed by atoms with E-state index in [9.17, 15) is 6.85 Å². The number of rotatable bonds is 6. The second kappa shape index (κ2) is 13.3. The van der Waals surface area contributed by atoms with Crippen molar-refractivity contribution in [3.8, 4) is 67.5 Å². The molecule has 5 heteroatoms. The van der Waals surface area contributed by atoms with Crippen molar-refractivity contribution in [3.05, 3.63) is 188 Å². The van der Waals surface area contributed by atoms with Crippen LogP contribution in [0.3, 0.4) is 0 Å². The Hall–Kier alpha value is -7.21. The molecule has 11 rings (SSSR count). The molecule has 4 nitrogen and oxygen atoms in total. The van der Waals surface area contributed by atoms with E-state index in [-0.39, 0.29) is 64.2 Å². The molecule has 0 spiro atoms. The van der Waals surface area contributed by atoms with E-state index in [1.807, 2.05) is 146 Å². The van der Waals surface area contributed by atoms with E-state index in [0.29, 0.717) is 48.6 Å². The quantitative estimate of drug-likeness (QED) is 0.170. The van der Waals surface area contributed by atoms with Gasteiger partial charge < -0.3 is 4.42 Å². The minimum absolute atomic E-state index is 0.0365. The number of fused-ring (bicyclic) bond motifs is 6. The number of aromatic nitrogens is 3. The first kappa shape index (κ1) is 26.5. The summed E-state index contributed by atoms with van der Waals surface area (Å²) in [6, 6.07) is 47.7. The van der Waals surface area contributed by atoms with Gasteiger partial charge >= 0.3 is 0 Å². The largest absolute Gasteiger partial charge is 0.455 e. The lowest BCUT2D eigenvalue weighted by atomic mass is 9.93. The second-order valence-corrected chi connectivity index (χ2v) is 14.5. The van der Waals surface area contributed by atoms with Gasteiger partial charge in [0.2, 0.25) is 0 Å². The molecule has 0 saturated carbocycles. The highest BCUT2D eigenvalue weighted by Gasteiger charge is 2.19. The van der Waals surface area contributed by atoms with Gasteiger partial charge in [-0.1, -0.05) is 152 Å². The van der Waals surface area contributed by atoms with Crippen LogP contribution < -0.4 is 0 Å². The molecule has 0 saturated heterocycles. The fourth-order valence-corrected chi connectivity index (χ4v) is 8.48. The summed E-state index contributed by atoms with van der Waals surface area (Å²) < 4.78 is 63.6. The summed E-state index contributed by atoms with van der Waals surface area (Å²) in [7, 11) is 0. The van der Waals surface area contributed by atoms with E-state index in [4.69, 9.17) is 20.7 Å². The van der Waals surface area contributed by atoms with Gasteiger partial charge in [0.25, 0.3) is 0 Å². The van der Waals surface area contributed by atoms with Crippen LogP contribution >= 0.6 is 11.3 Å². The number of nitrogens with zero attached hydrogens (tertiary/aromatic N) is 3. The van der Waals surface area contributed by atoms with Gasteiger partial charge in [-0.05, 0) is 69.8 Å². The van der Waals surface area contributed by atoms with Crippen molar-refractivity contribution >= 4 is 53.4 Å². The Morgan fingerprint density at radius 3 is 1.77 bits per heavy atom. The van der Waals surface area contributed by atoms with Gasteiger partial charge in [-0.15, -0.1) is 11.3 Å². The molecule has 3 aromatic heterocycles. The normalized spacial score (nSPS) is 13.1. The number of furan rings is 1. The summed E-state index contributed by atoms with van der Waals surface area (Å²) in [6.07, 6.45) is 0. The van der Waals surface area contributed by atoms with Crippen LogP contribution in [0.2, 0.25) is 0 Å². The molecule has 11 aromatic rings. The summed E-state index contributed by atoms with van der Waals surface area (Å²) in [4.78, 5) is 14.7. The van der Waals surface area contributed by atoms with E-state index in [2.05, 4.69) is 6.07 Å².